The third-order valence-electron chi connectivity index (χ3n) is 3.15. The fraction of sp³-hybridized carbons (Fsp3) is 0.364. The van der Waals surface area contributed by atoms with Crippen LogP contribution in [-0.4, -0.2) is 10.2 Å². The number of aromatic nitrogens is 2. The van der Waals surface area contributed by atoms with E-state index in [2.05, 4.69) is 10.2 Å². The maximum Gasteiger partial charge on any atom is 0.0944 e. The van der Waals surface area contributed by atoms with Crippen LogP contribution in [0.5, 0.6) is 0 Å². The normalized spacial score (nSPS) is 17.1. The van der Waals surface area contributed by atoms with Crippen LogP contribution >= 0.6 is 0 Å². The molecule has 0 unspecified atom stereocenters. The minimum absolute atomic E-state index is 0.657. The minimum atomic E-state index is 0.657. The van der Waals surface area contributed by atoms with Crippen molar-refractivity contribution in [3.63, 3.8) is 0 Å². The van der Waals surface area contributed by atoms with E-state index in [1.54, 1.807) is 0 Å². The smallest absolute Gasteiger partial charge is 0.0944 e. The molecule has 1 aromatic carbocycles. The van der Waals surface area contributed by atoms with Crippen molar-refractivity contribution in [2.75, 3.05) is 5.73 Å². The zero-order chi connectivity index (χ0) is 9.54. The van der Waals surface area contributed by atoms with Gasteiger partial charge in [0, 0.05) is 22.7 Å². The average molecular weight is 187 g/mol. The van der Waals surface area contributed by atoms with Gasteiger partial charge in [-0.1, -0.05) is 12.5 Å². The maximum absolute atomic E-state index is 5.96. The van der Waals surface area contributed by atoms with E-state index in [4.69, 9.17) is 5.73 Å². The van der Waals surface area contributed by atoms with Crippen molar-refractivity contribution in [1.29, 1.82) is 0 Å². The third kappa shape index (κ3) is 0.953. The minimum Gasteiger partial charge on any atom is -0.398 e. The molecule has 3 heteroatoms. The van der Waals surface area contributed by atoms with Crippen molar-refractivity contribution >= 4 is 16.6 Å². The number of rotatable bonds is 1. The van der Waals surface area contributed by atoms with Crippen molar-refractivity contribution in [1.82, 2.24) is 10.2 Å². The second-order valence-electron chi connectivity index (χ2n) is 4.01. The Balaban J connectivity index is 2.23. The first-order valence-electron chi connectivity index (χ1n) is 5.09. The Morgan fingerprint density at radius 1 is 1.36 bits per heavy atom. The van der Waals surface area contributed by atoms with E-state index in [-0.39, 0.29) is 0 Å². The van der Waals surface area contributed by atoms with Crippen molar-refractivity contribution < 1.29 is 0 Å². The third-order valence-corrected chi connectivity index (χ3v) is 3.15. The molecule has 1 heterocycles. The average Bonchev–Trinajstić information content (AvgIpc) is 2.47. The summed E-state index contributed by atoms with van der Waals surface area (Å²) in [5, 5.41) is 8.54. The molecule has 1 aliphatic rings. The van der Waals surface area contributed by atoms with Gasteiger partial charge in [-0.05, 0) is 25.0 Å². The fourth-order valence-corrected chi connectivity index (χ4v) is 2.11. The Morgan fingerprint density at radius 3 is 2.93 bits per heavy atom. The van der Waals surface area contributed by atoms with Crippen LogP contribution in [0.15, 0.2) is 18.2 Å². The Hall–Kier alpha value is -1.51. The Morgan fingerprint density at radius 2 is 2.21 bits per heavy atom. The summed E-state index contributed by atoms with van der Waals surface area (Å²) >= 11 is 0. The molecule has 1 aromatic heterocycles. The summed E-state index contributed by atoms with van der Waals surface area (Å²) in [6, 6.07) is 5.90. The van der Waals surface area contributed by atoms with Crippen LogP contribution in [0.25, 0.3) is 10.9 Å². The van der Waals surface area contributed by atoms with Gasteiger partial charge in [-0.15, -0.1) is 0 Å². The summed E-state index contributed by atoms with van der Waals surface area (Å²) in [5.41, 5.74) is 9.04. The van der Waals surface area contributed by atoms with Gasteiger partial charge < -0.3 is 5.73 Å². The molecular formula is C11H13N3. The van der Waals surface area contributed by atoms with Gasteiger partial charge in [0.2, 0.25) is 0 Å². The molecule has 0 saturated heterocycles. The van der Waals surface area contributed by atoms with Gasteiger partial charge >= 0.3 is 0 Å². The molecular weight excluding hydrogens is 174 g/mol. The number of nitrogens with two attached hydrogens (primary N) is 1. The first-order valence-corrected chi connectivity index (χ1v) is 5.09. The van der Waals surface area contributed by atoms with E-state index in [0.717, 1.165) is 16.6 Å². The number of hydrogen-bond donors (Lipinski definition) is 2. The molecule has 3 rings (SSSR count). The summed E-state index contributed by atoms with van der Waals surface area (Å²) in [7, 11) is 0. The molecule has 0 spiro atoms. The molecule has 14 heavy (non-hydrogen) atoms. The van der Waals surface area contributed by atoms with Crippen LogP contribution in [0.4, 0.5) is 5.69 Å². The van der Waals surface area contributed by atoms with E-state index in [9.17, 15) is 0 Å². The van der Waals surface area contributed by atoms with Gasteiger partial charge in [0.1, 0.15) is 0 Å². The summed E-state index contributed by atoms with van der Waals surface area (Å²) in [5.74, 6) is 0.657. The summed E-state index contributed by atoms with van der Waals surface area (Å²) in [4.78, 5) is 0. The summed E-state index contributed by atoms with van der Waals surface area (Å²) in [6.45, 7) is 0. The lowest BCUT2D eigenvalue weighted by Crippen LogP contribution is -2.09. The van der Waals surface area contributed by atoms with Crippen LogP contribution in [0.2, 0.25) is 0 Å². The van der Waals surface area contributed by atoms with Crippen molar-refractivity contribution in [3.05, 3.63) is 23.9 Å². The molecule has 3 N–H and O–H groups in total. The predicted molar refractivity (Wildman–Crippen MR) is 57.1 cm³/mol. The zero-order valence-corrected chi connectivity index (χ0v) is 7.96. The molecule has 3 nitrogen and oxygen atoms in total. The lowest BCUT2D eigenvalue weighted by molar-refractivity contribution is 0.413. The second-order valence-corrected chi connectivity index (χ2v) is 4.01. The first kappa shape index (κ1) is 7.85. The molecule has 0 atom stereocenters. The van der Waals surface area contributed by atoms with E-state index in [0.29, 0.717) is 5.92 Å². The second kappa shape index (κ2) is 2.74. The number of anilines is 1. The van der Waals surface area contributed by atoms with Gasteiger partial charge in [0.15, 0.2) is 0 Å². The number of hydrogen-bond acceptors (Lipinski definition) is 2. The summed E-state index contributed by atoms with van der Waals surface area (Å²) in [6.07, 6.45) is 3.87. The van der Waals surface area contributed by atoms with Crippen LogP contribution in [0.3, 0.4) is 0 Å². The highest BCUT2D eigenvalue weighted by Crippen LogP contribution is 2.39. The monoisotopic (exact) mass is 187 g/mol. The first-order chi connectivity index (χ1) is 6.86. The lowest BCUT2D eigenvalue weighted by Gasteiger charge is -2.24. The number of nitrogens with zero attached hydrogens (tertiary/aromatic N) is 1. The number of H-pyrrole nitrogens is 1. The summed E-state index contributed by atoms with van der Waals surface area (Å²) < 4.78 is 0. The quantitative estimate of drug-likeness (QED) is 0.673. The maximum atomic E-state index is 5.96. The van der Waals surface area contributed by atoms with Gasteiger partial charge in [-0.2, -0.15) is 5.10 Å². The van der Waals surface area contributed by atoms with E-state index in [1.807, 2.05) is 18.2 Å². The van der Waals surface area contributed by atoms with Gasteiger partial charge in [0.25, 0.3) is 0 Å². The molecule has 0 radical (unpaired) electrons. The highest BCUT2D eigenvalue weighted by atomic mass is 15.1. The van der Waals surface area contributed by atoms with Crippen molar-refractivity contribution in [2.24, 2.45) is 0 Å². The standard InChI is InChI=1S/C11H13N3/c12-8-5-2-6-9-10(8)11(14-13-9)7-3-1-4-7/h2,5-7H,1,3-4,12H2,(H,13,14). The van der Waals surface area contributed by atoms with Crippen LogP contribution in [0, 0.1) is 0 Å². The molecule has 0 bridgehead atoms. The molecule has 1 fully saturated rings. The highest BCUT2D eigenvalue weighted by Gasteiger charge is 2.24. The fourth-order valence-electron chi connectivity index (χ4n) is 2.11. The number of benzene rings is 1. The van der Waals surface area contributed by atoms with E-state index in [1.165, 1.54) is 25.0 Å². The largest absolute Gasteiger partial charge is 0.398 e. The Labute approximate surface area is 82.3 Å². The zero-order valence-electron chi connectivity index (χ0n) is 7.96. The van der Waals surface area contributed by atoms with Crippen LogP contribution in [-0.2, 0) is 0 Å². The molecule has 1 aliphatic carbocycles. The number of fused-ring (bicyclic) bond motifs is 1. The highest BCUT2D eigenvalue weighted by molar-refractivity contribution is 5.92. The number of aromatic amines is 1. The molecule has 72 valence electrons. The molecule has 0 amide bonds. The van der Waals surface area contributed by atoms with Crippen LogP contribution in [0.1, 0.15) is 30.9 Å². The van der Waals surface area contributed by atoms with Gasteiger partial charge in [-0.25, -0.2) is 0 Å². The van der Waals surface area contributed by atoms with Crippen molar-refractivity contribution in [2.45, 2.75) is 25.2 Å². The van der Waals surface area contributed by atoms with Crippen LogP contribution < -0.4 is 5.73 Å². The Kier molecular flexibility index (Phi) is 1.54. The Bertz CT molecular complexity index is 468. The van der Waals surface area contributed by atoms with E-state index >= 15 is 0 Å². The molecule has 0 aliphatic heterocycles. The van der Waals surface area contributed by atoms with E-state index < -0.39 is 0 Å². The number of nitrogens with one attached hydrogen (secondary N) is 1. The lowest BCUT2D eigenvalue weighted by atomic mass is 9.82. The SMILES string of the molecule is Nc1cccc2n[nH]c(C3CCC3)c12. The number of nitrogen functional groups attached to an aromatic ring is 1. The molecule has 2 aromatic rings. The molecule has 1 saturated carbocycles. The van der Waals surface area contributed by atoms with Gasteiger partial charge in [-0.3, -0.25) is 5.10 Å². The topological polar surface area (TPSA) is 54.7 Å². The van der Waals surface area contributed by atoms with Gasteiger partial charge in [0.05, 0.1) is 5.52 Å². The predicted octanol–water partition coefficient (Wildman–Crippen LogP) is 2.41. The van der Waals surface area contributed by atoms with Crippen molar-refractivity contribution in [3.8, 4) is 0 Å².